The molecule has 112 valence electrons. The van der Waals surface area contributed by atoms with Crippen molar-refractivity contribution in [2.75, 3.05) is 0 Å². The highest BCUT2D eigenvalue weighted by Gasteiger charge is 2.26. The van der Waals surface area contributed by atoms with Gasteiger partial charge in [0.2, 0.25) is 0 Å². The van der Waals surface area contributed by atoms with E-state index in [0.29, 0.717) is 0 Å². The average molecular weight is 294 g/mol. The van der Waals surface area contributed by atoms with Crippen molar-refractivity contribution in [3.05, 3.63) is 59.2 Å². The summed E-state index contributed by atoms with van der Waals surface area (Å²) >= 11 is 0. The van der Waals surface area contributed by atoms with E-state index in [1.54, 1.807) is 0 Å². The molecule has 0 bridgehead atoms. The molecule has 0 saturated heterocycles. The number of benzene rings is 2. The molecule has 3 nitrogen and oxygen atoms in total. The minimum atomic E-state index is -0.257. The maximum atomic E-state index is 12.5. The molecule has 22 heavy (non-hydrogen) atoms. The molecule has 0 aliphatic heterocycles. The normalized spacial score (nSPS) is 13.5. The predicted octanol–water partition coefficient (Wildman–Crippen LogP) is 3.78. The van der Waals surface area contributed by atoms with Crippen LogP contribution in [0, 0.1) is 0 Å². The van der Waals surface area contributed by atoms with E-state index in [2.05, 4.69) is 6.07 Å². The van der Waals surface area contributed by atoms with Crippen LogP contribution < -0.4 is 0 Å². The quantitative estimate of drug-likeness (QED) is 0.688. The van der Waals surface area contributed by atoms with E-state index in [1.165, 1.54) is 6.92 Å². The lowest BCUT2D eigenvalue weighted by atomic mass is 10.00. The smallest absolute Gasteiger partial charge is 0.302 e. The molecule has 3 heteroatoms. The standard InChI is InChI=1S/C19H18O3/c1-12(22-13(2)20)7-8-14-9-10-16-15-5-3-4-6-17(15)19(21)18(16)11-14/h3-6,9-12H,7-8H2,1-2H3. The van der Waals surface area contributed by atoms with E-state index in [-0.39, 0.29) is 17.9 Å². The highest BCUT2D eigenvalue weighted by atomic mass is 16.5. The number of aryl methyl sites for hydroxylation is 1. The van der Waals surface area contributed by atoms with Gasteiger partial charge in [0.25, 0.3) is 0 Å². The number of rotatable bonds is 4. The lowest BCUT2D eigenvalue weighted by Gasteiger charge is -2.12. The van der Waals surface area contributed by atoms with Crippen LogP contribution in [0.3, 0.4) is 0 Å². The van der Waals surface area contributed by atoms with Crippen molar-refractivity contribution in [3.8, 4) is 11.1 Å². The molecule has 0 N–H and O–H groups in total. The second-order valence-electron chi connectivity index (χ2n) is 5.71. The second-order valence-corrected chi connectivity index (χ2v) is 5.71. The van der Waals surface area contributed by atoms with Gasteiger partial charge in [-0.05, 0) is 42.5 Å². The average Bonchev–Trinajstić information content (AvgIpc) is 2.78. The Hall–Kier alpha value is -2.42. The molecule has 2 aromatic rings. The lowest BCUT2D eigenvalue weighted by Crippen LogP contribution is -2.13. The Kier molecular flexibility index (Phi) is 3.80. The summed E-state index contributed by atoms with van der Waals surface area (Å²) in [4.78, 5) is 23.4. The fourth-order valence-electron chi connectivity index (χ4n) is 2.94. The number of ketones is 1. The summed E-state index contributed by atoms with van der Waals surface area (Å²) in [5, 5.41) is 0. The van der Waals surface area contributed by atoms with Gasteiger partial charge >= 0.3 is 5.97 Å². The fraction of sp³-hybridized carbons (Fsp3) is 0.263. The molecule has 1 aliphatic carbocycles. The van der Waals surface area contributed by atoms with Crippen LogP contribution in [0.25, 0.3) is 11.1 Å². The van der Waals surface area contributed by atoms with E-state index in [1.807, 2.05) is 43.3 Å². The summed E-state index contributed by atoms with van der Waals surface area (Å²) in [5.74, 6) is -0.160. The third-order valence-electron chi connectivity index (χ3n) is 4.00. The van der Waals surface area contributed by atoms with Gasteiger partial charge in [-0.15, -0.1) is 0 Å². The van der Waals surface area contributed by atoms with Gasteiger partial charge in [0.15, 0.2) is 5.78 Å². The summed E-state index contributed by atoms with van der Waals surface area (Å²) in [5.41, 5.74) is 4.68. The first-order valence-corrected chi connectivity index (χ1v) is 7.50. The Labute approximate surface area is 129 Å². The Morgan fingerprint density at radius 2 is 1.73 bits per heavy atom. The number of hydrogen-bond acceptors (Lipinski definition) is 3. The number of fused-ring (bicyclic) bond motifs is 3. The molecular weight excluding hydrogens is 276 g/mol. The Morgan fingerprint density at radius 3 is 2.45 bits per heavy atom. The van der Waals surface area contributed by atoms with Crippen molar-refractivity contribution in [2.45, 2.75) is 32.8 Å². The van der Waals surface area contributed by atoms with Gasteiger partial charge in [0.05, 0.1) is 6.10 Å². The van der Waals surface area contributed by atoms with Crippen LogP contribution in [0.15, 0.2) is 42.5 Å². The zero-order valence-corrected chi connectivity index (χ0v) is 12.8. The number of hydrogen-bond donors (Lipinski definition) is 0. The van der Waals surface area contributed by atoms with Gasteiger partial charge in [-0.1, -0.05) is 36.4 Å². The van der Waals surface area contributed by atoms with Crippen molar-refractivity contribution >= 4 is 11.8 Å². The van der Waals surface area contributed by atoms with Gasteiger partial charge < -0.3 is 4.74 Å². The zero-order valence-electron chi connectivity index (χ0n) is 12.8. The van der Waals surface area contributed by atoms with Gasteiger partial charge in [-0.25, -0.2) is 0 Å². The maximum Gasteiger partial charge on any atom is 0.302 e. The molecule has 1 atom stereocenters. The number of carbonyl (C=O) groups excluding carboxylic acids is 2. The van der Waals surface area contributed by atoms with Gasteiger partial charge in [0.1, 0.15) is 0 Å². The van der Waals surface area contributed by atoms with Crippen LogP contribution in [0.5, 0.6) is 0 Å². The van der Waals surface area contributed by atoms with Gasteiger partial charge in [-0.3, -0.25) is 9.59 Å². The van der Waals surface area contributed by atoms with Crippen LogP contribution in [0.2, 0.25) is 0 Å². The first-order chi connectivity index (χ1) is 10.6. The van der Waals surface area contributed by atoms with Crippen molar-refractivity contribution in [1.29, 1.82) is 0 Å². The molecule has 0 amide bonds. The van der Waals surface area contributed by atoms with Crippen LogP contribution in [0.1, 0.15) is 41.8 Å². The first kappa shape index (κ1) is 14.5. The topological polar surface area (TPSA) is 43.4 Å². The Balaban J connectivity index is 1.79. The minimum absolute atomic E-state index is 0.0977. The maximum absolute atomic E-state index is 12.5. The van der Waals surface area contributed by atoms with Gasteiger partial charge in [-0.2, -0.15) is 0 Å². The molecular formula is C19H18O3. The van der Waals surface area contributed by atoms with Gasteiger partial charge in [0, 0.05) is 18.1 Å². The van der Waals surface area contributed by atoms with Crippen molar-refractivity contribution in [2.24, 2.45) is 0 Å². The second kappa shape index (κ2) is 5.76. The molecule has 0 aromatic heterocycles. The highest BCUT2D eigenvalue weighted by molar-refractivity contribution is 6.21. The summed E-state index contributed by atoms with van der Waals surface area (Å²) in [6.45, 7) is 3.30. The SMILES string of the molecule is CC(=O)OC(C)CCc1ccc2c(c1)C(=O)c1ccccc1-2. The lowest BCUT2D eigenvalue weighted by molar-refractivity contribution is -0.145. The van der Waals surface area contributed by atoms with Crippen LogP contribution in [-0.2, 0) is 16.0 Å². The summed E-state index contributed by atoms with van der Waals surface area (Å²) < 4.78 is 5.13. The fourth-order valence-corrected chi connectivity index (χ4v) is 2.94. The summed E-state index contributed by atoms with van der Waals surface area (Å²) in [7, 11) is 0. The third-order valence-corrected chi connectivity index (χ3v) is 4.00. The number of ether oxygens (including phenoxy) is 1. The van der Waals surface area contributed by atoms with E-state index in [4.69, 9.17) is 4.74 Å². The molecule has 2 aromatic carbocycles. The van der Waals surface area contributed by atoms with Crippen molar-refractivity contribution in [3.63, 3.8) is 0 Å². The molecule has 0 fully saturated rings. The van der Waals surface area contributed by atoms with E-state index < -0.39 is 0 Å². The molecule has 1 aliphatic rings. The minimum Gasteiger partial charge on any atom is -0.463 e. The molecule has 0 spiro atoms. The molecule has 0 radical (unpaired) electrons. The number of esters is 1. The van der Waals surface area contributed by atoms with Crippen molar-refractivity contribution in [1.82, 2.24) is 0 Å². The van der Waals surface area contributed by atoms with Crippen LogP contribution in [0.4, 0.5) is 0 Å². The first-order valence-electron chi connectivity index (χ1n) is 7.50. The van der Waals surface area contributed by atoms with E-state index in [0.717, 1.165) is 40.7 Å². The Bertz CT molecular complexity index is 746. The van der Waals surface area contributed by atoms with E-state index in [9.17, 15) is 9.59 Å². The highest BCUT2D eigenvalue weighted by Crippen LogP contribution is 2.36. The molecule has 3 rings (SSSR count). The monoisotopic (exact) mass is 294 g/mol. The summed E-state index contributed by atoms with van der Waals surface area (Å²) in [6.07, 6.45) is 1.42. The van der Waals surface area contributed by atoms with Crippen LogP contribution >= 0.6 is 0 Å². The third kappa shape index (κ3) is 2.67. The predicted molar refractivity (Wildman–Crippen MR) is 84.9 cm³/mol. The molecule has 0 heterocycles. The van der Waals surface area contributed by atoms with Crippen molar-refractivity contribution < 1.29 is 14.3 Å². The number of carbonyl (C=O) groups is 2. The molecule has 1 unspecified atom stereocenters. The summed E-state index contributed by atoms with van der Waals surface area (Å²) in [6, 6.07) is 13.7. The largest absolute Gasteiger partial charge is 0.463 e. The zero-order chi connectivity index (χ0) is 15.7. The van der Waals surface area contributed by atoms with E-state index >= 15 is 0 Å². The Morgan fingerprint density at radius 1 is 1.05 bits per heavy atom. The van der Waals surface area contributed by atoms with Crippen LogP contribution in [-0.4, -0.2) is 17.9 Å². The molecule has 0 saturated carbocycles.